The van der Waals surface area contributed by atoms with Crippen LogP contribution in [0.5, 0.6) is 0 Å². The van der Waals surface area contributed by atoms with Gasteiger partial charge in [0.2, 0.25) is 0 Å². The predicted molar refractivity (Wildman–Crippen MR) is 71.2 cm³/mol. The van der Waals surface area contributed by atoms with Gasteiger partial charge >= 0.3 is 0 Å². The van der Waals surface area contributed by atoms with Crippen LogP contribution in [0.2, 0.25) is 0 Å². The topological polar surface area (TPSA) is 38.5 Å². The minimum absolute atomic E-state index is 0.115. The number of hydrogen-bond donors (Lipinski definition) is 1. The largest absolute Gasteiger partial charge is 0.384 e. The number of ether oxygens (including phenoxy) is 1. The summed E-state index contributed by atoms with van der Waals surface area (Å²) < 4.78 is 5.22. The number of methoxy groups -OCH3 is 1. The lowest BCUT2D eigenvalue weighted by Gasteiger charge is -2.19. The highest BCUT2D eigenvalue weighted by Crippen LogP contribution is 2.25. The molecule has 2 N–H and O–H groups in total. The lowest BCUT2D eigenvalue weighted by atomic mass is 10.1. The smallest absolute Gasteiger partial charge is 0.0508 e. The second kappa shape index (κ2) is 5.52. The average molecular weight is 234 g/mol. The Balaban J connectivity index is 1.99. The molecule has 3 nitrogen and oxygen atoms in total. The summed E-state index contributed by atoms with van der Waals surface area (Å²) in [6.45, 7) is 5.12. The van der Waals surface area contributed by atoms with Gasteiger partial charge in [-0.3, -0.25) is 0 Å². The molecule has 0 spiro atoms. The summed E-state index contributed by atoms with van der Waals surface area (Å²) in [4.78, 5) is 2.43. The van der Waals surface area contributed by atoms with Crippen LogP contribution in [0.3, 0.4) is 0 Å². The number of nitrogens with two attached hydrogens (primary N) is 1. The van der Waals surface area contributed by atoms with Crippen molar-refractivity contribution >= 4 is 5.69 Å². The van der Waals surface area contributed by atoms with Gasteiger partial charge in [0.15, 0.2) is 0 Å². The van der Waals surface area contributed by atoms with Gasteiger partial charge in [-0.15, -0.1) is 0 Å². The normalized spacial score (nSPS) is 21.8. The number of hydrogen-bond acceptors (Lipinski definition) is 3. The molecule has 1 heterocycles. The second-order valence-electron chi connectivity index (χ2n) is 4.94. The van der Waals surface area contributed by atoms with E-state index in [1.165, 1.54) is 17.7 Å². The summed E-state index contributed by atoms with van der Waals surface area (Å²) in [7, 11) is 1.78. The first-order chi connectivity index (χ1) is 8.20. The van der Waals surface area contributed by atoms with Crippen molar-refractivity contribution in [2.75, 3.05) is 31.7 Å². The third-order valence-electron chi connectivity index (χ3n) is 3.47. The van der Waals surface area contributed by atoms with Gasteiger partial charge in [0.05, 0.1) is 6.61 Å². The number of benzene rings is 1. The first kappa shape index (κ1) is 12.4. The van der Waals surface area contributed by atoms with Crippen molar-refractivity contribution < 1.29 is 4.74 Å². The lowest BCUT2D eigenvalue weighted by molar-refractivity contribution is 0.161. The van der Waals surface area contributed by atoms with E-state index >= 15 is 0 Å². The number of anilines is 1. The standard InChI is InChI=1S/C14H22N2O/c1-11(15)13-3-5-14(6-4-13)16-8-7-12(9-16)10-17-2/h3-6,11-12H,7-10,15H2,1-2H3. The Morgan fingerprint density at radius 3 is 2.71 bits per heavy atom. The minimum atomic E-state index is 0.115. The van der Waals surface area contributed by atoms with E-state index in [4.69, 9.17) is 10.5 Å². The minimum Gasteiger partial charge on any atom is -0.384 e. The van der Waals surface area contributed by atoms with Gasteiger partial charge in [-0.2, -0.15) is 0 Å². The summed E-state index contributed by atoms with van der Waals surface area (Å²) in [6.07, 6.45) is 1.23. The van der Waals surface area contributed by atoms with E-state index in [-0.39, 0.29) is 6.04 Å². The molecule has 1 fully saturated rings. The Bertz CT molecular complexity index is 348. The zero-order valence-electron chi connectivity index (χ0n) is 10.7. The van der Waals surface area contributed by atoms with Crippen molar-refractivity contribution in [1.29, 1.82) is 0 Å². The summed E-state index contributed by atoms with van der Waals surface area (Å²) >= 11 is 0. The maximum absolute atomic E-state index is 5.85. The second-order valence-corrected chi connectivity index (χ2v) is 4.94. The van der Waals surface area contributed by atoms with Crippen LogP contribution in [-0.4, -0.2) is 26.8 Å². The molecule has 2 atom stereocenters. The van der Waals surface area contributed by atoms with Crippen LogP contribution in [0, 0.1) is 5.92 Å². The lowest BCUT2D eigenvalue weighted by Crippen LogP contribution is -2.21. The fraction of sp³-hybridized carbons (Fsp3) is 0.571. The Hall–Kier alpha value is -1.06. The van der Waals surface area contributed by atoms with Crippen molar-refractivity contribution in [2.45, 2.75) is 19.4 Å². The molecule has 1 aromatic carbocycles. The van der Waals surface area contributed by atoms with Crippen LogP contribution in [0.4, 0.5) is 5.69 Å². The molecule has 1 aliphatic heterocycles. The van der Waals surface area contributed by atoms with Crippen molar-refractivity contribution in [1.82, 2.24) is 0 Å². The molecular formula is C14H22N2O. The summed E-state index contributed by atoms with van der Waals surface area (Å²) in [5.74, 6) is 0.674. The van der Waals surface area contributed by atoms with E-state index in [0.29, 0.717) is 5.92 Å². The van der Waals surface area contributed by atoms with Gasteiger partial charge in [0, 0.05) is 37.8 Å². The van der Waals surface area contributed by atoms with Crippen molar-refractivity contribution in [3.05, 3.63) is 29.8 Å². The zero-order valence-corrected chi connectivity index (χ0v) is 10.7. The summed E-state index contributed by atoms with van der Waals surface area (Å²) in [6, 6.07) is 8.72. The van der Waals surface area contributed by atoms with Crippen LogP contribution < -0.4 is 10.6 Å². The SMILES string of the molecule is COCC1CCN(c2ccc(C(C)N)cc2)C1. The third kappa shape index (κ3) is 2.99. The Labute approximate surface area is 104 Å². The first-order valence-electron chi connectivity index (χ1n) is 6.30. The van der Waals surface area contributed by atoms with Gasteiger partial charge < -0.3 is 15.4 Å². The molecule has 2 unspecified atom stereocenters. The van der Waals surface area contributed by atoms with E-state index in [1.807, 2.05) is 6.92 Å². The molecule has 0 aromatic heterocycles. The fourth-order valence-corrected chi connectivity index (χ4v) is 2.43. The molecule has 1 aromatic rings. The molecule has 0 bridgehead atoms. The fourth-order valence-electron chi connectivity index (χ4n) is 2.43. The predicted octanol–water partition coefficient (Wildman–Crippen LogP) is 2.18. The quantitative estimate of drug-likeness (QED) is 0.868. The third-order valence-corrected chi connectivity index (χ3v) is 3.47. The maximum Gasteiger partial charge on any atom is 0.0508 e. The monoisotopic (exact) mass is 234 g/mol. The maximum atomic E-state index is 5.85. The van der Waals surface area contributed by atoms with Crippen LogP contribution >= 0.6 is 0 Å². The molecule has 2 rings (SSSR count). The van der Waals surface area contributed by atoms with Crippen molar-refractivity contribution in [3.8, 4) is 0 Å². The van der Waals surface area contributed by atoms with Gasteiger partial charge in [-0.1, -0.05) is 12.1 Å². The molecule has 1 saturated heterocycles. The zero-order chi connectivity index (χ0) is 12.3. The molecule has 0 amide bonds. The van der Waals surface area contributed by atoms with Gasteiger partial charge in [0.1, 0.15) is 0 Å². The van der Waals surface area contributed by atoms with E-state index in [1.54, 1.807) is 7.11 Å². The van der Waals surface area contributed by atoms with Gasteiger partial charge in [0.25, 0.3) is 0 Å². The number of rotatable bonds is 4. The summed E-state index contributed by atoms with van der Waals surface area (Å²) in [5, 5.41) is 0. The Kier molecular flexibility index (Phi) is 4.02. The molecular weight excluding hydrogens is 212 g/mol. The van der Waals surface area contributed by atoms with Crippen LogP contribution in [0.25, 0.3) is 0 Å². The van der Waals surface area contributed by atoms with Crippen LogP contribution in [-0.2, 0) is 4.74 Å². The molecule has 0 radical (unpaired) electrons. The van der Waals surface area contributed by atoms with Crippen LogP contribution in [0.15, 0.2) is 24.3 Å². The van der Waals surface area contributed by atoms with Crippen molar-refractivity contribution in [2.24, 2.45) is 11.7 Å². The highest BCUT2D eigenvalue weighted by atomic mass is 16.5. The van der Waals surface area contributed by atoms with E-state index in [0.717, 1.165) is 19.7 Å². The molecule has 3 heteroatoms. The molecule has 0 saturated carbocycles. The van der Waals surface area contributed by atoms with E-state index < -0.39 is 0 Å². The van der Waals surface area contributed by atoms with Crippen molar-refractivity contribution in [3.63, 3.8) is 0 Å². The number of nitrogens with zero attached hydrogens (tertiary/aromatic N) is 1. The van der Waals surface area contributed by atoms with Gasteiger partial charge in [-0.25, -0.2) is 0 Å². The molecule has 1 aliphatic rings. The van der Waals surface area contributed by atoms with Crippen LogP contribution in [0.1, 0.15) is 24.9 Å². The first-order valence-corrected chi connectivity index (χ1v) is 6.30. The van der Waals surface area contributed by atoms with E-state index in [9.17, 15) is 0 Å². The molecule has 17 heavy (non-hydrogen) atoms. The average Bonchev–Trinajstić information content (AvgIpc) is 2.78. The highest BCUT2D eigenvalue weighted by Gasteiger charge is 2.22. The van der Waals surface area contributed by atoms with E-state index in [2.05, 4.69) is 29.2 Å². The molecule has 0 aliphatic carbocycles. The Morgan fingerprint density at radius 1 is 1.41 bits per heavy atom. The Morgan fingerprint density at radius 2 is 2.12 bits per heavy atom. The van der Waals surface area contributed by atoms with Gasteiger partial charge in [-0.05, 0) is 31.0 Å². The highest BCUT2D eigenvalue weighted by molar-refractivity contribution is 5.48. The molecule has 94 valence electrons. The summed E-state index contributed by atoms with van der Waals surface area (Å²) in [5.41, 5.74) is 8.34.